The lowest BCUT2D eigenvalue weighted by atomic mass is 9.86. The number of aliphatic hydroxyl groups excluding tert-OH is 1. The van der Waals surface area contributed by atoms with Crippen LogP contribution in [-0.2, 0) is 4.79 Å². The smallest absolute Gasteiger partial charge is 0.243 e. The fourth-order valence-electron chi connectivity index (χ4n) is 3.37. The Labute approximate surface area is 109 Å². The van der Waals surface area contributed by atoms with E-state index < -0.39 is 5.41 Å². The van der Waals surface area contributed by atoms with Gasteiger partial charge in [-0.05, 0) is 39.0 Å². The molecule has 2 fully saturated rings. The van der Waals surface area contributed by atoms with E-state index in [1.54, 1.807) is 6.92 Å². The first-order chi connectivity index (χ1) is 8.59. The lowest BCUT2D eigenvalue weighted by Gasteiger charge is -2.31. The Hall–Kier alpha value is -1.08. The van der Waals surface area contributed by atoms with Crippen molar-refractivity contribution >= 4 is 5.91 Å². The molecule has 2 atom stereocenters. The summed E-state index contributed by atoms with van der Waals surface area (Å²) in [6.45, 7) is 2.51. The molecule has 18 heavy (non-hydrogen) atoms. The van der Waals surface area contributed by atoms with Crippen LogP contribution in [0.1, 0.15) is 51.9 Å². The van der Waals surface area contributed by atoms with Gasteiger partial charge in [-0.2, -0.15) is 5.26 Å². The van der Waals surface area contributed by atoms with Crippen LogP contribution in [0.15, 0.2) is 0 Å². The molecule has 1 N–H and O–H groups in total. The summed E-state index contributed by atoms with van der Waals surface area (Å²) in [6, 6.07) is 2.40. The third kappa shape index (κ3) is 2.37. The summed E-state index contributed by atoms with van der Waals surface area (Å²) in [6.07, 6.45) is 5.57. The number of nitriles is 1. The van der Waals surface area contributed by atoms with Crippen LogP contribution in [0.5, 0.6) is 0 Å². The maximum atomic E-state index is 12.6. The first-order valence-corrected chi connectivity index (χ1v) is 6.99. The highest BCUT2D eigenvalue weighted by molar-refractivity contribution is 5.86. The first-order valence-electron chi connectivity index (χ1n) is 6.99. The van der Waals surface area contributed by atoms with Crippen molar-refractivity contribution in [2.75, 3.05) is 6.54 Å². The molecule has 4 heteroatoms. The van der Waals surface area contributed by atoms with E-state index in [-0.39, 0.29) is 18.1 Å². The van der Waals surface area contributed by atoms with Gasteiger partial charge in [0.25, 0.3) is 0 Å². The Balaban J connectivity index is 2.10. The van der Waals surface area contributed by atoms with E-state index in [0.717, 1.165) is 32.2 Å². The third-order valence-electron chi connectivity index (χ3n) is 4.33. The molecule has 0 radical (unpaired) electrons. The minimum atomic E-state index is -0.763. The Bertz CT molecular complexity index is 353. The van der Waals surface area contributed by atoms with Crippen LogP contribution in [0.2, 0.25) is 0 Å². The molecular weight excluding hydrogens is 228 g/mol. The van der Waals surface area contributed by atoms with Crippen LogP contribution in [0, 0.1) is 16.7 Å². The molecule has 0 bridgehead atoms. The normalized spacial score (nSPS) is 28.1. The molecule has 0 spiro atoms. The summed E-state index contributed by atoms with van der Waals surface area (Å²) in [5.74, 6) is 0.0191. The molecule has 1 saturated heterocycles. The van der Waals surface area contributed by atoms with Crippen LogP contribution in [0.25, 0.3) is 0 Å². The van der Waals surface area contributed by atoms with E-state index in [0.29, 0.717) is 19.3 Å². The Morgan fingerprint density at radius 1 is 1.50 bits per heavy atom. The average Bonchev–Trinajstić information content (AvgIpc) is 2.96. The molecule has 1 saturated carbocycles. The monoisotopic (exact) mass is 250 g/mol. The van der Waals surface area contributed by atoms with E-state index in [9.17, 15) is 15.2 Å². The fourth-order valence-corrected chi connectivity index (χ4v) is 3.37. The second kappa shape index (κ2) is 5.27. The minimum absolute atomic E-state index is 0.0191. The Morgan fingerprint density at radius 3 is 2.72 bits per heavy atom. The van der Waals surface area contributed by atoms with Crippen molar-refractivity contribution in [3.8, 4) is 6.07 Å². The summed E-state index contributed by atoms with van der Waals surface area (Å²) in [5.41, 5.74) is -0.763. The van der Waals surface area contributed by atoms with Crippen LogP contribution in [0.3, 0.4) is 0 Å². The van der Waals surface area contributed by atoms with Crippen LogP contribution < -0.4 is 0 Å². The highest BCUT2D eigenvalue weighted by atomic mass is 16.3. The molecule has 100 valence electrons. The molecule has 1 aliphatic heterocycles. The van der Waals surface area contributed by atoms with Crippen molar-refractivity contribution in [3.05, 3.63) is 0 Å². The number of likely N-dealkylation sites (tertiary alicyclic amines) is 1. The largest absolute Gasteiger partial charge is 0.393 e. The number of rotatable bonds is 3. The molecule has 0 aromatic rings. The van der Waals surface area contributed by atoms with Crippen LogP contribution in [-0.4, -0.2) is 34.6 Å². The number of hydrogen-bond acceptors (Lipinski definition) is 3. The van der Waals surface area contributed by atoms with Gasteiger partial charge >= 0.3 is 0 Å². The third-order valence-corrected chi connectivity index (χ3v) is 4.33. The molecule has 0 aromatic heterocycles. The van der Waals surface area contributed by atoms with Gasteiger partial charge in [-0.3, -0.25) is 4.79 Å². The molecule has 2 unspecified atom stereocenters. The zero-order valence-electron chi connectivity index (χ0n) is 11.1. The highest BCUT2D eigenvalue weighted by Crippen LogP contribution is 2.40. The van der Waals surface area contributed by atoms with Crippen molar-refractivity contribution in [3.63, 3.8) is 0 Å². The van der Waals surface area contributed by atoms with Gasteiger partial charge in [-0.15, -0.1) is 0 Å². The van der Waals surface area contributed by atoms with Gasteiger partial charge in [0.2, 0.25) is 5.91 Å². The summed E-state index contributed by atoms with van der Waals surface area (Å²) < 4.78 is 0. The van der Waals surface area contributed by atoms with Crippen molar-refractivity contribution in [1.82, 2.24) is 4.90 Å². The number of nitrogens with zero attached hydrogens (tertiary/aromatic N) is 2. The summed E-state index contributed by atoms with van der Waals surface area (Å²) in [7, 11) is 0. The van der Waals surface area contributed by atoms with Gasteiger partial charge in [0.1, 0.15) is 5.41 Å². The van der Waals surface area contributed by atoms with Crippen molar-refractivity contribution in [1.29, 1.82) is 5.26 Å². The van der Waals surface area contributed by atoms with Crippen LogP contribution >= 0.6 is 0 Å². The van der Waals surface area contributed by atoms with E-state index in [2.05, 4.69) is 6.07 Å². The standard InChI is InChI=1S/C14H22N2O2/c1-11(17)9-12-5-4-8-16(12)13(18)14(10-15)6-2-3-7-14/h11-12,17H,2-9H2,1H3. The Kier molecular flexibility index (Phi) is 3.91. The van der Waals surface area contributed by atoms with Gasteiger partial charge < -0.3 is 10.0 Å². The Morgan fingerprint density at radius 2 is 2.17 bits per heavy atom. The average molecular weight is 250 g/mol. The summed E-state index contributed by atoms with van der Waals surface area (Å²) in [4.78, 5) is 14.5. The lowest BCUT2D eigenvalue weighted by molar-refractivity contribution is -0.140. The van der Waals surface area contributed by atoms with Gasteiger partial charge in [0.05, 0.1) is 12.2 Å². The van der Waals surface area contributed by atoms with Gasteiger partial charge in [-0.25, -0.2) is 0 Å². The second-order valence-electron chi connectivity index (χ2n) is 5.78. The molecule has 0 aromatic carbocycles. The van der Waals surface area contributed by atoms with E-state index in [4.69, 9.17) is 0 Å². The minimum Gasteiger partial charge on any atom is -0.393 e. The predicted octanol–water partition coefficient (Wildman–Crippen LogP) is 1.83. The van der Waals surface area contributed by atoms with Crippen LogP contribution in [0.4, 0.5) is 0 Å². The molecule has 1 aliphatic carbocycles. The quantitative estimate of drug-likeness (QED) is 0.831. The zero-order valence-corrected chi connectivity index (χ0v) is 11.1. The summed E-state index contributed by atoms with van der Waals surface area (Å²) >= 11 is 0. The van der Waals surface area contributed by atoms with Gasteiger partial charge in [0, 0.05) is 12.6 Å². The van der Waals surface area contributed by atoms with Gasteiger partial charge in [-0.1, -0.05) is 12.8 Å². The van der Waals surface area contributed by atoms with Gasteiger partial charge in [0.15, 0.2) is 0 Å². The molecule has 2 rings (SSSR count). The molecule has 1 amide bonds. The fraction of sp³-hybridized carbons (Fsp3) is 0.857. The maximum Gasteiger partial charge on any atom is 0.243 e. The summed E-state index contributed by atoms with van der Waals surface area (Å²) in [5, 5.41) is 18.9. The highest BCUT2D eigenvalue weighted by Gasteiger charge is 2.46. The van der Waals surface area contributed by atoms with Crippen molar-refractivity contribution in [2.24, 2.45) is 5.41 Å². The number of carbonyl (C=O) groups excluding carboxylic acids is 1. The second-order valence-corrected chi connectivity index (χ2v) is 5.78. The number of hydrogen-bond donors (Lipinski definition) is 1. The first kappa shape index (κ1) is 13.4. The molecular formula is C14H22N2O2. The van der Waals surface area contributed by atoms with Crippen molar-refractivity contribution in [2.45, 2.75) is 64.0 Å². The molecule has 2 aliphatic rings. The number of aliphatic hydroxyl groups is 1. The lowest BCUT2D eigenvalue weighted by Crippen LogP contribution is -2.45. The molecule has 4 nitrogen and oxygen atoms in total. The number of carbonyl (C=O) groups is 1. The number of amides is 1. The molecule has 1 heterocycles. The van der Waals surface area contributed by atoms with E-state index in [1.165, 1.54) is 0 Å². The topological polar surface area (TPSA) is 64.3 Å². The van der Waals surface area contributed by atoms with E-state index in [1.807, 2.05) is 4.90 Å². The predicted molar refractivity (Wildman–Crippen MR) is 67.5 cm³/mol. The zero-order chi connectivity index (χ0) is 13.2. The maximum absolute atomic E-state index is 12.6. The van der Waals surface area contributed by atoms with E-state index >= 15 is 0 Å². The van der Waals surface area contributed by atoms with Crippen molar-refractivity contribution < 1.29 is 9.90 Å². The SMILES string of the molecule is CC(O)CC1CCCN1C(=O)C1(C#N)CCCC1.